The molecule has 0 heterocycles. The molecule has 2 aromatic carbocycles. The number of nitrogen functional groups attached to an aromatic ring is 1. The van der Waals surface area contributed by atoms with E-state index >= 15 is 0 Å². The van der Waals surface area contributed by atoms with Crippen LogP contribution in [-0.4, -0.2) is 6.61 Å². The molecule has 0 atom stereocenters. The van der Waals surface area contributed by atoms with E-state index in [2.05, 4.69) is 0 Å². The van der Waals surface area contributed by atoms with Crippen LogP contribution in [0, 0.1) is 6.92 Å². The van der Waals surface area contributed by atoms with Crippen molar-refractivity contribution in [3.63, 3.8) is 0 Å². The lowest BCUT2D eigenvalue weighted by Crippen LogP contribution is -2.02. The lowest BCUT2D eigenvalue weighted by molar-refractivity contribution is 0.320. The molecule has 0 aliphatic rings. The first kappa shape index (κ1) is 12.8. The molecule has 0 aromatic heterocycles. The number of ether oxygens (including phenoxy) is 1. The summed E-state index contributed by atoms with van der Waals surface area (Å²) in [7, 11) is 0. The third kappa shape index (κ3) is 3.41. The number of halogens is 1. The fourth-order valence-corrected chi connectivity index (χ4v) is 1.85. The van der Waals surface area contributed by atoms with Crippen molar-refractivity contribution in [2.24, 2.45) is 0 Å². The van der Waals surface area contributed by atoms with E-state index < -0.39 is 0 Å². The second kappa shape index (κ2) is 5.78. The van der Waals surface area contributed by atoms with Crippen LogP contribution in [0.5, 0.6) is 5.75 Å². The molecule has 2 nitrogen and oxygen atoms in total. The first-order chi connectivity index (χ1) is 8.65. The van der Waals surface area contributed by atoms with E-state index in [0.717, 1.165) is 23.4 Å². The zero-order chi connectivity index (χ0) is 13.0. The number of nitrogens with two attached hydrogens (primary N) is 1. The monoisotopic (exact) mass is 261 g/mol. The summed E-state index contributed by atoms with van der Waals surface area (Å²) in [4.78, 5) is 0. The number of anilines is 1. The van der Waals surface area contributed by atoms with Gasteiger partial charge in [0, 0.05) is 17.1 Å². The van der Waals surface area contributed by atoms with Crippen molar-refractivity contribution in [1.29, 1.82) is 0 Å². The Morgan fingerprint density at radius 3 is 2.56 bits per heavy atom. The minimum absolute atomic E-state index is 0.630. The zero-order valence-electron chi connectivity index (χ0n) is 10.3. The number of hydrogen-bond donors (Lipinski definition) is 1. The van der Waals surface area contributed by atoms with E-state index in [1.165, 1.54) is 5.56 Å². The van der Waals surface area contributed by atoms with Gasteiger partial charge in [-0.15, -0.1) is 0 Å². The van der Waals surface area contributed by atoms with Crippen LogP contribution in [0.1, 0.15) is 11.1 Å². The van der Waals surface area contributed by atoms with E-state index in [-0.39, 0.29) is 0 Å². The molecular weight excluding hydrogens is 246 g/mol. The molecular formula is C15H16ClNO. The Hall–Kier alpha value is -1.67. The number of aryl methyl sites for hydroxylation is 1. The molecule has 94 valence electrons. The van der Waals surface area contributed by atoms with Crippen molar-refractivity contribution in [3.8, 4) is 5.75 Å². The van der Waals surface area contributed by atoms with Gasteiger partial charge < -0.3 is 10.5 Å². The predicted octanol–water partition coefficient (Wildman–Crippen LogP) is 3.85. The molecule has 0 unspecified atom stereocenters. The minimum Gasteiger partial charge on any atom is -0.493 e. The van der Waals surface area contributed by atoms with Crippen LogP contribution in [0.4, 0.5) is 5.69 Å². The highest BCUT2D eigenvalue weighted by Crippen LogP contribution is 2.22. The number of rotatable bonds is 4. The van der Waals surface area contributed by atoms with Crippen molar-refractivity contribution in [3.05, 3.63) is 58.6 Å². The highest BCUT2D eigenvalue weighted by molar-refractivity contribution is 6.30. The van der Waals surface area contributed by atoms with Gasteiger partial charge in [0.05, 0.1) is 6.61 Å². The van der Waals surface area contributed by atoms with Crippen molar-refractivity contribution >= 4 is 17.3 Å². The molecule has 0 fully saturated rings. The summed E-state index contributed by atoms with van der Waals surface area (Å²) < 4.78 is 5.74. The van der Waals surface area contributed by atoms with Gasteiger partial charge in [0.2, 0.25) is 0 Å². The molecule has 0 saturated carbocycles. The molecule has 0 aliphatic carbocycles. The second-order valence-corrected chi connectivity index (χ2v) is 4.69. The van der Waals surface area contributed by atoms with Gasteiger partial charge in [-0.1, -0.05) is 29.8 Å². The normalized spacial score (nSPS) is 10.3. The van der Waals surface area contributed by atoms with E-state index in [1.54, 1.807) is 0 Å². The van der Waals surface area contributed by atoms with Gasteiger partial charge in [-0.05, 0) is 42.3 Å². The summed E-state index contributed by atoms with van der Waals surface area (Å²) in [6.07, 6.45) is 0.853. The summed E-state index contributed by atoms with van der Waals surface area (Å²) in [5.74, 6) is 0.845. The third-order valence-electron chi connectivity index (χ3n) is 2.78. The fourth-order valence-electron chi connectivity index (χ4n) is 1.69. The molecule has 2 N–H and O–H groups in total. The summed E-state index contributed by atoms with van der Waals surface area (Å²) >= 11 is 5.94. The second-order valence-electron chi connectivity index (χ2n) is 4.25. The van der Waals surface area contributed by atoms with Gasteiger partial charge in [0.25, 0.3) is 0 Å². The van der Waals surface area contributed by atoms with Crippen LogP contribution in [0.2, 0.25) is 5.02 Å². The summed E-state index contributed by atoms with van der Waals surface area (Å²) in [5.41, 5.74) is 8.73. The van der Waals surface area contributed by atoms with E-state index in [0.29, 0.717) is 11.6 Å². The molecule has 0 spiro atoms. The smallest absolute Gasteiger partial charge is 0.123 e. The standard InChI is InChI=1S/C15H16ClNO/c1-11-2-5-13(16)10-15(11)18-9-8-12-3-6-14(17)7-4-12/h2-7,10H,8-9,17H2,1H3. The molecule has 2 rings (SSSR count). The van der Waals surface area contributed by atoms with Gasteiger partial charge in [0.1, 0.15) is 5.75 Å². The first-order valence-corrected chi connectivity index (χ1v) is 6.26. The first-order valence-electron chi connectivity index (χ1n) is 5.88. The van der Waals surface area contributed by atoms with Crippen LogP contribution < -0.4 is 10.5 Å². The molecule has 2 aromatic rings. The van der Waals surface area contributed by atoms with Crippen LogP contribution in [0.3, 0.4) is 0 Å². The fraction of sp³-hybridized carbons (Fsp3) is 0.200. The molecule has 0 bridgehead atoms. The lowest BCUT2D eigenvalue weighted by atomic mass is 10.1. The maximum Gasteiger partial charge on any atom is 0.123 e. The summed E-state index contributed by atoms with van der Waals surface area (Å²) in [6.45, 7) is 2.64. The lowest BCUT2D eigenvalue weighted by Gasteiger charge is -2.09. The van der Waals surface area contributed by atoms with E-state index in [4.69, 9.17) is 22.1 Å². The summed E-state index contributed by atoms with van der Waals surface area (Å²) in [6, 6.07) is 13.5. The van der Waals surface area contributed by atoms with Crippen molar-refractivity contribution in [2.45, 2.75) is 13.3 Å². The Balaban J connectivity index is 1.92. The van der Waals surface area contributed by atoms with Crippen LogP contribution >= 0.6 is 11.6 Å². The maximum absolute atomic E-state index is 5.94. The molecule has 0 radical (unpaired) electrons. The quantitative estimate of drug-likeness (QED) is 0.849. The predicted molar refractivity (Wildman–Crippen MR) is 76.2 cm³/mol. The molecule has 0 saturated heterocycles. The Labute approximate surface area is 112 Å². The number of benzene rings is 2. The van der Waals surface area contributed by atoms with Crippen LogP contribution in [-0.2, 0) is 6.42 Å². The average molecular weight is 262 g/mol. The minimum atomic E-state index is 0.630. The Bertz CT molecular complexity index is 523. The molecule has 3 heteroatoms. The highest BCUT2D eigenvalue weighted by atomic mass is 35.5. The van der Waals surface area contributed by atoms with Gasteiger partial charge >= 0.3 is 0 Å². The zero-order valence-corrected chi connectivity index (χ0v) is 11.1. The van der Waals surface area contributed by atoms with Gasteiger partial charge in [-0.25, -0.2) is 0 Å². The van der Waals surface area contributed by atoms with Crippen LogP contribution in [0.25, 0.3) is 0 Å². The third-order valence-corrected chi connectivity index (χ3v) is 3.01. The Morgan fingerprint density at radius 2 is 1.83 bits per heavy atom. The largest absolute Gasteiger partial charge is 0.493 e. The van der Waals surface area contributed by atoms with Crippen molar-refractivity contribution < 1.29 is 4.74 Å². The maximum atomic E-state index is 5.94. The SMILES string of the molecule is Cc1ccc(Cl)cc1OCCc1ccc(N)cc1. The Kier molecular flexibility index (Phi) is 4.11. The molecule has 0 amide bonds. The van der Waals surface area contributed by atoms with Crippen molar-refractivity contribution in [1.82, 2.24) is 0 Å². The molecule has 18 heavy (non-hydrogen) atoms. The van der Waals surface area contributed by atoms with Crippen molar-refractivity contribution in [2.75, 3.05) is 12.3 Å². The Morgan fingerprint density at radius 1 is 1.11 bits per heavy atom. The van der Waals surface area contributed by atoms with Crippen LogP contribution in [0.15, 0.2) is 42.5 Å². The average Bonchev–Trinajstić information content (AvgIpc) is 2.36. The van der Waals surface area contributed by atoms with E-state index in [9.17, 15) is 0 Å². The molecule has 0 aliphatic heterocycles. The van der Waals surface area contributed by atoms with Gasteiger partial charge in [-0.2, -0.15) is 0 Å². The topological polar surface area (TPSA) is 35.2 Å². The summed E-state index contributed by atoms with van der Waals surface area (Å²) in [5, 5.41) is 0.697. The van der Waals surface area contributed by atoms with Gasteiger partial charge in [0.15, 0.2) is 0 Å². The number of hydrogen-bond acceptors (Lipinski definition) is 2. The van der Waals surface area contributed by atoms with E-state index in [1.807, 2.05) is 49.4 Å². The highest BCUT2D eigenvalue weighted by Gasteiger charge is 2.01. The van der Waals surface area contributed by atoms with Gasteiger partial charge in [-0.3, -0.25) is 0 Å².